The molecule has 0 saturated carbocycles. The van der Waals surface area contributed by atoms with Gasteiger partial charge >= 0.3 is 0 Å². The van der Waals surface area contributed by atoms with Gasteiger partial charge in [0.2, 0.25) is 5.91 Å². The van der Waals surface area contributed by atoms with Gasteiger partial charge in [0, 0.05) is 34.3 Å². The topological polar surface area (TPSA) is 91.6 Å². The number of aromatic hydroxyl groups is 1. The van der Waals surface area contributed by atoms with Crippen molar-refractivity contribution in [1.82, 2.24) is 9.88 Å². The number of amides is 1. The number of carbonyl (C=O) groups excluding carboxylic acids is 2. The van der Waals surface area contributed by atoms with Gasteiger partial charge in [0.05, 0.1) is 18.5 Å². The SMILES string of the molecule is Cc1c(CC(=O)NCCO)c2cc(O)c(F)cc2n1C(=O)c1cccc(Cl)c1. The molecular weight excluding hydrogens is 387 g/mol. The van der Waals surface area contributed by atoms with Crippen molar-refractivity contribution >= 4 is 34.3 Å². The van der Waals surface area contributed by atoms with Crippen LogP contribution < -0.4 is 5.32 Å². The summed E-state index contributed by atoms with van der Waals surface area (Å²) in [6.45, 7) is 1.54. The molecule has 0 atom stereocenters. The van der Waals surface area contributed by atoms with E-state index in [0.29, 0.717) is 27.2 Å². The monoisotopic (exact) mass is 404 g/mol. The molecule has 0 radical (unpaired) electrons. The summed E-state index contributed by atoms with van der Waals surface area (Å²) in [6.07, 6.45) is -0.0940. The van der Waals surface area contributed by atoms with Gasteiger partial charge in [-0.05, 0) is 36.8 Å². The molecule has 3 aromatic rings. The lowest BCUT2D eigenvalue weighted by molar-refractivity contribution is -0.120. The fraction of sp³-hybridized carbons (Fsp3) is 0.200. The van der Waals surface area contributed by atoms with E-state index < -0.39 is 17.5 Å². The number of fused-ring (bicyclic) bond motifs is 1. The van der Waals surface area contributed by atoms with Crippen molar-refractivity contribution in [3.63, 3.8) is 0 Å². The second-order valence-electron chi connectivity index (χ2n) is 6.29. The van der Waals surface area contributed by atoms with Crippen LogP contribution in [0.2, 0.25) is 5.02 Å². The molecule has 146 valence electrons. The zero-order chi connectivity index (χ0) is 20.4. The number of rotatable bonds is 5. The van der Waals surface area contributed by atoms with Crippen LogP contribution in [0.4, 0.5) is 4.39 Å². The van der Waals surface area contributed by atoms with Crippen LogP contribution in [0.5, 0.6) is 5.75 Å². The molecule has 1 amide bonds. The summed E-state index contributed by atoms with van der Waals surface area (Å²) < 4.78 is 15.3. The van der Waals surface area contributed by atoms with Gasteiger partial charge < -0.3 is 15.5 Å². The van der Waals surface area contributed by atoms with Gasteiger partial charge in [-0.2, -0.15) is 0 Å². The van der Waals surface area contributed by atoms with E-state index in [-0.39, 0.29) is 31.0 Å². The van der Waals surface area contributed by atoms with Crippen LogP contribution in [-0.2, 0) is 11.2 Å². The minimum Gasteiger partial charge on any atom is -0.505 e. The van der Waals surface area contributed by atoms with Gasteiger partial charge in [0.15, 0.2) is 11.6 Å². The van der Waals surface area contributed by atoms with Gasteiger partial charge in [-0.3, -0.25) is 14.2 Å². The van der Waals surface area contributed by atoms with E-state index in [1.165, 1.54) is 16.7 Å². The van der Waals surface area contributed by atoms with Crippen molar-refractivity contribution in [3.05, 3.63) is 64.1 Å². The van der Waals surface area contributed by atoms with Crippen LogP contribution >= 0.6 is 11.6 Å². The molecule has 0 fully saturated rings. The van der Waals surface area contributed by atoms with Gasteiger partial charge in [0.25, 0.3) is 5.91 Å². The number of hydrogen-bond donors (Lipinski definition) is 3. The number of aliphatic hydroxyl groups excluding tert-OH is 1. The van der Waals surface area contributed by atoms with Crippen LogP contribution in [0.15, 0.2) is 36.4 Å². The fourth-order valence-corrected chi connectivity index (χ4v) is 3.33. The number of phenolic OH excluding ortho intramolecular Hbond substituents is 1. The molecule has 28 heavy (non-hydrogen) atoms. The molecule has 0 unspecified atom stereocenters. The highest BCUT2D eigenvalue weighted by molar-refractivity contribution is 6.31. The molecule has 0 saturated heterocycles. The second-order valence-corrected chi connectivity index (χ2v) is 6.72. The van der Waals surface area contributed by atoms with Crippen LogP contribution in [-0.4, -0.2) is 39.7 Å². The highest BCUT2D eigenvalue weighted by Crippen LogP contribution is 2.32. The molecule has 0 aliphatic rings. The molecule has 1 aromatic heterocycles. The first-order valence-corrected chi connectivity index (χ1v) is 8.91. The normalized spacial score (nSPS) is 11.0. The molecule has 2 aromatic carbocycles. The van der Waals surface area contributed by atoms with E-state index >= 15 is 0 Å². The zero-order valence-corrected chi connectivity index (χ0v) is 15.8. The van der Waals surface area contributed by atoms with Crippen molar-refractivity contribution in [2.75, 3.05) is 13.2 Å². The largest absolute Gasteiger partial charge is 0.505 e. The minimum absolute atomic E-state index is 0.0940. The van der Waals surface area contributed by atoms with Crippen LogP contribution in [0.1, 0.15) is 21.6 Å². The lowest BCUT2D eigenvalue weighted by atomic mass is 10.1. The maximum Gasteiger partial charge on any atom is 0.262 e. The third-order valence-corrected chi connectivity index (χ3v) is 4.68. The highest BCUT2D eigenvalue weighted by Gasteiger charge is 2.23. The lowest BCUT2D eigenvalue weighted by Gasteiger charge is -2.08. The number of hydrogen-bond acceptors (Lipinski definition) is 4. The molecule has 0 aliphatic heterocycles. The van der Waals surface area contributed by atoms with Crippen LogP contribution in [0.25, 0.3) is 10.9 Å². The van der Waals surface area contributed by atoms with Crippen molar-refractivity contribution < 1.29 is 24.2 Å². The van der Waals surface area contributed by atoms with Gasteiger partial charge in [-0.15, -0.1) is 0 Å². The molecule has 3 N–H and O–H groups in total. The predicted octanol–water partition coefficient (Wildman–Crippen LogP) is 2.79. The van der Waals surface area contributed by atoms with Crippen molar-refractivity contribution in [1.29, 1.82) is 0 Å². The summed E-state index contributed by atoms with van der Waals surface area (Å²) in [5.41, 5.74) is 1.47. The average molecular weight is 405 g/mol. The molecule has 0 spiro atoms. The van der Waals surface area contributed by atoms with E-state index in [0.717, 1.165) is 6.07 Å². The summed E-state index contributed by atoms with van der Waals surface area (Å²) in [6, 6.07) is 8.62. The maximum absolute atomic E-state index is 14.0. The Balaban J connectivity index is 2.17. The fourth-order valence-electron chi connectivity index (χ4n) is 3.14. The molecule has 8 heteroatoms. The van der Waals surface area contributed by atoms with E-state index in [4.69, 9.17) is 16.7 Å². The van der Waals surface area contributed by atoms with Gasteiger partial charge in [0.1, 0.15) is 0 Å². The predicted molar refractivity (Wildman–Crippen MR) is 103 cm³/mol. The summed E-state index contributed by atoms with van der Waals surface area (Å²) in [4.78, 5) is 25.2. The molecule has 3 rings (SSSR count). The van der Waals surface area contributed by atoms with Gasteiger partial charge in [-0.1, -0.05) is 17.7 Å². The van der Waals surface area contributed by atoms with Gasteiger partial charge in [-0.25, -0.2) is 4.39 Å². The third kappa shape index (κ3) is 3.72. The van der Waals surface area contributed by atoms with Crippen molar-refractivity contribution in [3.8, 4) is 5.75 Å². The number of phenols is 1. The van der Waals surface area contributed by atoms with E-state index in [9.17, 15) is 19.1 Å². The number of nitrogens with zero attached hydrogens (tertiary/aromatic N) is 1. The Bertz CT molecular complexity index is 1080. The summed E-state index contributed by atoms with van der Waals surface area (Å²) in [5, 5.41) is 22.0. The Morgan fingerprint density at radius 3 is 2.68 bits per heavy atom. The average Bonchev–Trinajstić information content (AvgIpc) is 2.91. The molecule has 0 aliphatic carbocycles. The number of aromatic nitrogens is 1. The zero-order valence-electron chi connectivity index (χ0n) is 15.0. The summed E-state index contributed by atoms with van der Waals surface area (Å²) in [7, 11) is 0. The number of carbonyl (C=O) groups is 2. The third-order valence-electron chi connectivity index (χ3n) is 4.45. The highest BCUT2D eigenvalue weighted by atomic mass is 35.5. The number of halogens is 2. The smallest absolute Gasteiger partial charge is 0.262 e. The first-order chi connectivity index (χ1) is 13.3. The van der Waals surface area contributed by atoms with E-state index in [2.05, 4.69) is 5.32 Å². The maximum atomic E-state index is 14.0. The summed E-state index contributed by atoms with van der Waals surface area (Å²) in [5.74, 6) is -2.24. The number of benzene rings is 2. The molecule has 6 nitrogen and oxygen atoms in total. The molecular formula is C20H18ClFN2O4. The number of nitrogens with one attached hydrogen (secondary N) is 1. The van der Waals surface area contributed by atoms with Crippen molar-refractivity contribution in [2.45, 2.75) is 13.3 Å². The summed E-state index contributed by atoms with van der Waals surface area (Å²) >= 11 is 5.98. The Kier molecular flexibility index (Phi) is 5.67. The minimum atomic E-state index is -0.874. The Hall–Kier alpha value is -2.90. The first kappa shape index (κ1) is 19.9. The van der Waals surface area contributed by atoms with E-state index in [1.54, 1.807) is 25.1 Å². The second kappa shape index (κ2) is 8.00. The quantitative estimate of drug-likeness (QED) is 0.609. The Morgan fingerprint density at radius 2 is 2.00 bits per heavy atom. The van der Waals surface area contributed by atoms with E-state index in [1.807, 2.05) is 0 Å². The molecule has 0 bridgehead atoms. The standard InChI is InChI=1S/C20H18ClFN2O4/c1-11-14(9-19(27)23-5-6-25)15-8-18(26)16(22)10-17(15)24(11)20(28)12-3-2-4-13(21)7-12/h2-4,7-8,10,25-26H,5-6,9H2,1H3,(H,23,27). The van der Waals surface area contributed by atoms with Crippen LogP contribution in [0, 0.1) is 12.7 Å². The Labute approximate surface area is 165 Å². The number of aliphatic hydroxyl groups is 1. The lowest BCUT2D eigenvalue weighted by Crippen LogP contribution is -2.28. The van der Waals surface area contributed by atoms with Crippen molar-refractivity contribution in [2.24, 2.45) is 0 Å². The van der Waals surface area contributed by atoms with Crippen LogP contribution in [0.3, 0.4) is 0 Å². The molecule has 1 heterocycles. The first-order valence-electron chi connectivity index (χ1n) is 8.53. The Morgan fingerprint density at radius 1 is 1.25 bits per heavy atom.